The molecule has 0 bridgehead atoms. The van der Waals surface area contributed by atoms with Crippen LogP contribution < -0.4 is 10.9 Å². The van der Waals surface area contributed by atoms with Gasteiger partial charge in [-0.3, -0.25) is 9.59 Å². The van der Waals surface area contributed by atoms with Crippen LogP contribution in [0.25, 0.3) is 16.6 Å². The van der Waals surface area contributed by atoms with Gasteiger partial charge >= 0.3 is 0 Å². The molecule has 0 unspecified atom stereocenters. The van der Waals surface area contributed by atoms with E-state index in [-0.39, 0.29) is 11.5 Å². The normalized spacial score (nSPS) is 11.2. The molecule has 4 aromatic rings. The van der Waals surface area contributed by atoms with Gasteiger partial charge in [0, 0.05) is 35.2 Å². The highest BCUT2D eigenvalue weighted by Gasteiger charge is 2.11. The summed E-state index contributed by atoms with van der Waals surface area (Å²) in [6, 6.07) is 17.0. The predicted octanol–water partition coefficient (Wildman–Crippen LogP) is 4.77. The molecule has 0 atom stereocenters. The van der Waals surface area contributed by atoms with Gasteiger partial charge in [-0.2, -0.15) is 0 Å². The van der Waals surface area contributed by atoms with E-state index in [0.717, 1.165) is 21.1 Å². The van der Waals surface area contributed by atoms with Gasteiger partial charge in [-0.25, -0.2) is 0 Å². The summed E-state index contributed by atoms with van der Waals surface area (Å²) in [5, 5.41) is 3.55. The molecule has 0 saturated heterocycles. The van der Waals surface area contributed by atoms with Crippen LogP contribution in [0.15, 0.2) is 70.1 Å². The highest BCUT2D eigenvalue weighted by molar-refractivity contribution is 9.10. The number of amides is 1. The average molecular weight is 473 g/mol. The molecular weight excluding hydrogens is 454 g/mol. The Balaban J connectivity index is 1.48. The van der Waals surface area contributed by atoms with Crippen LogP contribution in [-0.2, 0) is 17.9 Å². The van der Waals surface area contributed by atoms with Gasteiger partial charge in [-0.1, -0.05) is 39.7 Å². The van der Waals surface area contributed by atoms with E-state index in [1.807, 2.05) is 59.1 Å². The second kappa shape index (κ2) is 8.43. The minimum atomic E-state index is -0.0556. The fourth-order valence-corrected chi connectivity index (χ4v) is 4.05. The summed E-state index contributed by atoms with van der Waals surface area (Å²) < 4.78 is 4.56. The number of rotatable bonds is 6. The number of nitrogens with zero attached hydrogens (tertiary/aromatic N) is 2. The van der Waals surface area contributed by atoms with Gasteiger partial charge in [0.25, 0.3) is 5.56 Å². The lowest BCUT2D eigenvalue weighted by molar-refractivity contribution is -0.121. The number of carbonyl (C=O) groups is 1. The third-order valence-corrected chi connectivity index (χ3v) is 5.59. The molecule has 29 heavy (non-hydrogen) atoms. The van der Waals surface area contributed by atoms with Gasteiger partial charge < -0.3 is 14.3 Å². The van der Waals surface area contributed by atoms with Crippen LogP contribution in [0.4, 0.5) is 0 Å². The molecule has 2 aromatic carbocycles. The largest absolute Gasteiger partial charge is 0.352 e. The second-order valence-corrected chi connectivity index (χ2v) is 8.22. The number of hydrogen-bond donors (Lipinski definition) is 1. The van der Waals surface area contributed by atoms with Gasteiger partial charge in [0.15, 0.2) is 0 Å². The number of carbonyl (C=O) groups excluding carboxylic acids is 1. The van der Waals surface area contributed by atoms with Crippen molar-refractivity contribution in [1.82, 2.24) is 14.3 Å². The van der Waals surface area contributed by atoms with Crippen LogP contribution in [0.3, 0.4) is 0 Å². The van der Waals surface area contributed by atoms with E-state index in [0.29, 0.717) is 36.5 Å². The molecule has 5 nitrogen and oxygen atoms in total. The summed E-state index contributed by atoms with van der Waals surface area (Å²) in [7, 11) is 0. The first-order chi connectivity index (χ1) is 14.0. The number of hydrogen-bond acceptors (Lipinski definition) is 2. The SMILES string of the molecule is O=C(CCCn1c(=O)c2cccn2c2ccc(Br)cc21)NCc1cccc(Cl)c1. The van der Waals surface area contributed by atoms with E-state index in [1.165, 1.54) is 0 Å². The van der Waals surface area contributed by atoms with Crippen molar-refractivity contribution >= 4 is 50.0 Å². The number of halogens is 2. The third-order valence-electron chi connectivity index (χ3n) is 4.87. The Kier molecular flexibility index (Phi) is 5.74. The first-order valence-electron chi connectivity index (χ1n) is 9.33. The van der Waals surface area contributed by atoms with E-state index in [2.05, 4.69) is 21.2 Å². The molecule has 0 saturated carbocycles. The molecular formula is C22H19BrClN3O2. The highest BCUT2D eigenvalue weighted by Crippen LogP contribution is 2.20. The summed E-state index contributed by atoms with van der Waals surface area (Å²) in [4.78, 5) is 25.2. The van der Waals surface area contributed by atoms with Gasteiger partial charge in [0.05, 0.1) is 11.0 Å². The fourth-order valence-electron chi connectivity index (χ4n) is 3.49. The number of fused-ring (bicyclic) bond motifs is 3. The molecule has 7 heteroatoms. The van der Waals surface area contributed by atoms with Crippen LogP contribution in [0, 0.1) is 0 Å². The van der Waals surface area contributed by atoms with Crippen molar-refractivity contribution in [3.8, 4) is 0 Å². The molecule has 0 aliphatic rings. The van der Waals surface area contributed by atoms with Crippen LogP contribution in [0.2, 0.25) is 5.02 Å². The molecule has 2 aromatic heterocycles. The van der Waals surface area contributed by atoms with Crippen molar-refractivity contribution in [2.45, 2.75) is 25.9 Å². The van der Waals surface area contributed by atoms with Crippen LogP contribution >= 0.6 is 27.5 Å². The fraction of sp³-hybridized carbons (Fsp3) is 0.182. The first-order valence-corrected chi connectivity index (χ1v) is 10.5. The van der Waals surface area contributed by atoms with Gasteiger partial charge in [0.1, 0.15) is 5.52 Å². The van der Waals surface area contributed by atoms with Crippen molar-refractivity contribution in [1.29, 1.82) is 0 Å². The Bertz CT molecular complexity index is 1260. The predicted molar refractivity (Wildman–Crippen MR) is 119 cm³/mol. The Hall–Kier alpha value is -2.57. The molecule has 148 valence electrons. The molecule has 0 radical (unpaired) electrons. The first kappa shape index (κ1) is 19.7. The quantitative estimate of drug-likeness (QED) is 0.440. The standard InChI is InChI=1S/C22H19BrClN3O2/c23-16-8-9-18-20(13-16)27(22(29)19-6-2-10-26(18)19)11-3-7-21(28)25-14-15-4-1-5-17(24)12-15/h1-2,4-6,8-10,12-13H,3,7,11,14H2,(H,25,28). The molecule has 0 fully saturated rings. The van der Waals surface area contributed by atoms with Gasteiger partial charge in [-0.15, -0.1) is 0 Å². The van der Waals surface area contributed by atoms with Crippen LogP contribution in [0.1, 0.15) is 18.4 Å². The molecule has 1 N–H and O–H groups in total. The van der Waals surface area contributed by atoms with Crippen molar-refractivity contribution in [2.24, 2.45) is 0 Å². The smallest absolute Gasteiger partial charge is 0.275 e. The Morgan fingerprint density at radius 2 is 1.90 bits per heavy atom. The van der Waals surface area contributed by atoms with Crippen LogP contribution in [-0.4, -0.2) is 14.9 Å². The number of aromatic nitrogens is 2. The van der Waals surface area contributed by atoms with Crippen LogP contribution in [0.5, 0.6) is 0 Å². The zero-order chi connectivity index (χ0) is 20.4. The summed E-state index contributed by atoms with van der Waals surface area (Å²) in [5.41, 5.74) is 3.33. The molecule has 0 aliphatic heterocycles. The topological polar surface area (TPSA) is 55.5 Å². The zero-order valence-corrected chi connectivity index (χ0v) is 17.9. The Morgan fingerprint density at radius 3 is 2.72 bits per heavy atom. The summed E-state index contributed by atoms with van der Waals surface area (Å²) >= 11 is 9.46. The minimum Gasteiger partial charge on any atom is -0.352 e. The van der Waals surface area contributed by atoms with E-state index >= 15 is 0 Å². The molecule has 4 rings (SSSR count). The van der Waals surface area contributed by atoms with Crippen molar-refractivity contribution < 1.29 is 4.79 Å². The number of nitrogens with one attached hydrogen (secondary N) is 1. The van der Waals surface area contributed by atoms with E-state index in [1.54, 1.807) is 10.6 Å². The number of benzene rings is 2. The van der Waals surface area contributed by atoms with Gasteiger partial charge in [0.2, 0.25) is 5.91 Å². The summed E-state index contributed by atoms with van der Waals surface area (Å²) in [6.07, 6.45) is 2.80. The maximum atomic E-state index is 12.9. The van der Waals surface area contributed by atoms with E-state index < -0.39 is 0 Å². The molecule has 2 heterocycles. The highest BCUT2D eigenvalue weighted by atomic mass is 79.9. The maximum Gasteiger partial charge on any atom is 0.275 e. The zero-order valence-electron chi connectivity index (χ0n) is 15.6. The van der Waals surface area contributed by atoms with E-state index in [9.17, 15) is 9.59 Å². The summed E-state index contributed by atoms with van der Waals surface area (Å²) in [6.45, 7) is 0.906. The van der Waals surface area contributed by atoms with Crippen molar-refractivity contribution in [3.63, 3.8) is 0 Å². The third kappa shape index (κ3) is 4.23. The lowest BCUT2D eigenvalue weighted by atomic mass is 10.2. The average Bonchev–Trinajstić information content (AvgIpc) is 3.19. The number of aryl methyl sites for hydroxylation is 1. The minimum absolute atomic E-state index is 0.0488. The van der Waals surface area contributed by atoms with E-state index in [4.69, 9.17) is 11.6 Å². The van der Waals surface area contributed by atoms with Gasteiger partial charge in [-0.05, 0) is 54.4 Å². The lowest BCUT2D eigenvalue weighted by Crippen LogP contribution is -2.25. The Morgan fingerprint density at radius 1 is 1.03 bits per heavy atom. The lowest BCUT2D eigenvalue weighted by Gasteiger charge is -2.13. The molecule has 0 aliphatic carbocycles. The van der Waals surface area contributed by atoms with Crippen molar-refractivity contribution in [3.05, 3.63) is 86.2 Å². The Labute approximate surface area is 181 Å². The monoisotopic (exact) mass is 471 g/mol. The van der Waals surface area contributed by atoms with Crippen molar-refractivity contribution in [2.75, 3.05) is 0 Å². The summed E-state index contributed by atoms with van der Waals surface area (Å²) in [5.74, 6) is -0.0488. The molecule has 0 spiro atoms. The maximum absolute atomic E-state index is 12.9. The second-order valence-electron chi connectivity index (χ2n) is 6.86. The molecule has 1 amide bonds.